The maximum atomic E-state index is 12.7. The summed E-state index contributed by atoms with van der Waals surface area (Å²) in [6.07, 6.45) is -0.0368. The summed E-state index contributed by atoms with van der Waals surface area (Å²) in [5, 5.41) is 6.21. The molecule has 2 N–H and O–H groups in total. The topological polar surface area (TPSA) is 85.9 Å². The van der Waals surface area contributed by atoms with Crippen molar-refractivity contribution in [1.82, 2.24) is 10.6 Å². The number of ether oxygens (including phenoxy) is 3. The molecule has 194 valence electrons. The summed E-state index contributed by atoms with van der Waals surface area (Å²) in [6, 6.07) is 12.2. The molecule has 0 heterocycles. The fourth-order valence-electron chi connectivity index (χ4n) is 3.18. The molecule has 0 radical (unpaired) electrons. The van der Waals surface area contributed by atoms with Crippen LogP contribution in [-0.2, 0) is 16.0 Å². The fourth-order valence-corrected chi connectivity index (χ4v) is 3.31. The second-order valence-corrected chi connectivity index (χ2v) is 9.93. The predicted octanol–water partition coefficient (Wildman–Crippen LogP) is 4.99. The number of methoxy groups -OCH3 is 1. The van der Waals surface area contributed by atoms with Crippen molar-refractivity contribution in [3.63, 3.8) is 0 Å². The van der Waals surface area contributed by atoms with Crippen LogP contribution in [0.5, 0.6) is 11.5 Å². The van der Waals surface area contributed by atoms with Crippen molar-refractivity contribution < 1.29 is 23.8 Å². The van der Waals surface area contributed by atoms with Crippen molar-refractivity contribution >= 4 is 23.6 Å². The standard InChI is InChI=1S/C28H35ClN2O5/c1-19(2)25(31-27(33)36-28(3,4)5)26(32)30-16-15-21-11-14-23(24(18-21)34-6)35-17-7-8-20-9-12-22(29)13-10-20/h9-14,18-19,25H,15-17H2,1-6H3,(H,30,32)(H,31,33). The van der Waals surface area contributed by atoms with Crippen LogP contribution < -0.4 is 20.1 Å². The SMILES string of the molecule is COc1cc(CCNC(=O)C(NC(=O)OC(C)(C)C)C(C)C)ccc1OCC#Cc1ccc(Cl)cc1. The molecule has 2 aromatic carbocycles. The summed E-state index contributed by atoms with van der Waals surface area (Å²) in [5.74, 6) is 6.79. The van der Waals surface area contributed by atoms with Gasteiger partial charge in [0.2, 0.25) is 5.91 Å². The largest absolute Gasteiger partial charge is 0.493 e. The quantitative estimate of drug-likeness (QED) is 0.460. The van der Waals surface area contributed by atoms with E-state index in [0.717, 1.165) is 11.1 Å². The lowest BCUT2D eigenvalue weighted by Crippen LogP contribution is -2.51. The molecule has 2 rings (SSSR count). The Labute approximate surface area is 218 Å². The Hall–Kier alpha value is -3.37. The van der Waals surface area contributed by atoms with Gasteiger partial charge in [0.05, 0.1) is 7.11 Å². The highest BCUT2D eigenvalue weighted by atomic mass is 35.5. The zero-order chi connectivity index (χ0) is 26.7. The second kappa shape index (κ2) is 13.6. The first-order valence-corrected chi connectivity index (χ1v) is 12.2. The molecule has 0 aliphatic rings. The van der Waals surface area contributed by atoms with Crippen molar-refractivity contribution in [3.05, 3.63) is 58.6 Å². The summed E-state index contributed by atoms with van der Waals surface area (Å²) in [4.78, 5) is 24.8. The summed E-state index contributed by atoms with van der Waals surface area (Å²) in [5.41, 5.74) is 1.18. The minimum absolute atomic E-state index is 0.100. The maximum absolute atomic E-state index is 12.7. The molecule has 0 saturated carbocycles. The van der Waals surface area contributed by atoms with E-state index in [2.05, 4.69) is 22.5 Å². The van der Waals surface area contributed by atoms with Gasteiger partial charge in [0, 0.05) is 17.1 Å². The minimum Gasteiger partial charge on any atom is -0.493 e. The average Bonchev–Trinajstić information content (AvgIpc) is 2.80. The third kappa shape index (κ3) is 10.1. The number of benzene rings is 2. The van der Waals surface area contributed by atoms with Gasteiger partial charge >= 0.3 is 6.09 Å². The van der Waals surface area contributed by atoms with Crippen LogP contribution in [-0.4, -0.2) is 43.9 Å². The number of carbonyl (C=O) groups is 2. The molecule has 1 atom stereocenters. The molecule has 36 heavy (non-hydrogen) atoms. The number of hydrogen-bond donors (Lipinski definition) is 2. The first-order chi connectivity index (χ1) is 17.0. The Bertz CT molecular complexity index is 1080. The Morgan fingerprint density at radius 3 is 2.36 bits per heavy atom. The fraction of sp³-hybridized carbons (Fsp3) is 0.429. The zero-order valence-corrected chi connectivity index (χ0v) is 22.5. The van der Waals surface area contributed by atoms with E-state index in [4.69, 9.17) is 25.8 Å². The third-order valence-corrected chi connectivity index (χ3v) is 5.19. The molecular weight excluding hydrogens is 480 g/mol. The van der Waals surface area contributed by atoms with Crippen molar-refractivity contribution in [2.45, 2.75) is 52.7 Å². The van der Waals surface area contributed by atoms with E-state index >= 15 is 0 Å². The van der Waals surface area contributed by atoms with Crippen LogP contribution in [0.4, 0.5) is 4.79 Å². The Balaban J connectivity index is 1.88. The molecule has 0 spiro atoms. The van der Waals surface area contributed by atoms with Gasteiger partial charge in [0.1, 0.15) is 18.2 Å². The van der Waals surface area contributed by atoms with Gasteiger partial charge in [-0.25, -0.2) is 4.79 Å². The van der Waals surface area contributed by atoms with E-state index in [-0.39, 0.29) is 18.4 Å². The number of hydrogen-bond acceptors (Lipinski definition) is 5. The zero-order valence-electron chi connectivity index (χ0n) is 21.7. The van der Waals surface area contributed by atoms with E-state index in [1.807, 2.05) is 44.2 Å². The average molecular weight is 515 g/mol. The first-order valence-electron chi connectivity index (χ1n) is 11.8. The van der Waals surface area contributed by atoms with Gasteiger partial charge in [-0.1, -0.05) is 43.4 Å². The van der Waals surface area contributed by atoms with E-state index in [9.17, 15) is 9.59 Å². The highest BCUT2D eigenvalue weighted by Gasteiger charge is 2.26. The molecule has 8 heteroatoms. The Kier molecular flexibility index (Phi) is 10.9. The lowest BCUT2D eigenvalue weighted by Gasteiger charge is -2.25. The third-order valence-electron chi connectivity index (χ3n) is 4.94. The summed E-state index contributed by atoms with van der Waals surface area (Å²) in [6.45, 7) is 9.66. The number of carbonyl (C=O) groups excluding carboxylic acids is 2. The van der Waals surface area contributed by atoms with Crippen LogP contribution >= 0.6 is 11.6 Å². The number of amides is 2. The monoisotopic (exact) mass is 514 g/mol. The molecule has 0 fully saturated rings. The molecule has 2 amide bonds. The van der Waals surface area contributed by atoms with E-state index in [1.54, 1.807) is 40.0 Å². The van der Waals surface area contributed by atoms with Gasteiger partial charge in [-0.3, -0.25) is 4.79 Å². The number of halogens is 1. The summed E-state index contributed by atoms with van der Waals surface area (Å²) in [7, 11) is 1.57. The Morgan fingerprint density at radius 1 is 1.06 bits per heavy atom. The number of nitrogens with one attached hydrogen (secondary N) is 2. The van der Waals surface area contributed by atoms with Crippen molar-refractivity contribution in [3.8, 4) is 23.3 Å². The molecule has 0 aliphatic carbocycles. The van der Waals surface area contributed by atoms with Gasteiger partial charge in [0.25, 0.3) is 0 Å². The number of alkyl carbamates (subject to hydrolysis) is 1. The predicted molar refractivity (Wildman–Crippen MR) is 142 cm³/mol. The lowest BCUT2D eigenvalue weighted by atomic mass is 10.0. The van der Waals surface area contributed by atoms with Crippen LogP contribution in [0.1, 0.15) is 45.7 Å². The molecule has 2 aromatic rings. The van der Waals surface area contributed by atoms with Crippen LogP contribution in [0, 0.1) is 17.8 Å². The highest BCUT2D eigenvalue weighted by molar-refractivity contribution is 6.30. The smallest absolute Gasteiger partial charge is 0.408 e. The normalized spacial score (nSPS) is 11.7. The van der Waals surface area contributed by atoms with E-state index in [1.165, 1.54) is 0 Å². The van der Waals surface area contributed by atoms with Crippen LogP contribution in [0.25, 0.3) is 0 Å². The summed E-state index contributed by atoms with van der Waals surface area (Å²) < 4.78 is 16.5. The number of rotatable bonds is 9. The van der Waals surface area contributed by atoms with Gasteiger partial charge in [0.15, 0.2) is 11.5 Å². The molecule has 7 nitrogen and oxygen atoms in total. The molecule has 0 saturated heterocycles. The van der Waals surface area contributed by atoms with Gasteiger partial charge in [-0.2, -0.15) is 0 Å². The van der Waals surface area contributed by atoms with E-state index < -0.39 is 17.7 Å². The Morgan fingerprint density at radius 2 is 1.75 bits per heavy atom. The molecule has 1 unspecified atom stereocenters. The second-order valence-electron chi connectivity index (χ2n) is 9.49. The van der Waals surface area contributed by atoms with Crippen molar-refractivity contribution in [2.75, 3.05) is 20.3 Å². The summed E-state index contributed by atoms with van der Waals surface area (Å²) >= 11 is 5.88. The van der Waals surface area contributed by atoms with E-state index in [0.29, 0.717) is 29.5 Å². The molecule has 0 aromatic heterocycles. The van der Waals surface area contributed by atoms with Gasteiger partial charge < -0.3 is 24.8 Å². The van der Waals surface area contributed by atoms with Crippen molar-refractivity contribution in [1.29, 1.82) is 0 Å². The maximum Gasteiger partial charge on any atom is 0.408 e. The molecular formula is C28H35ClN2O5. The van der Waals surface area contributed by atoms with Gasteiger partial charge in [-0.15, -0.1) is 0 Å². The van der Waals surface area contributed by atoms with Gasteiger partial charge in [-0.05, 0) is 75.1 Å². The molecule has 0 bridgehead atoms. The highest BCUT2D eigenvalue weighted by Crippen LogP contribution is 2.28. The minimum atomic E-state index is -0.695. The molecule has 0 aliphatic heterocycles. The first kappa shape index (κ1) is 28.9. The van der Waals surface area contributed by atoms with Crippen molar-refractivity contribution in [2.24, 2.45) is 5.92 Å². The van der Waals surface area contributed by atoms with Crippen LogP contribution in [0.3, 0.4) is 0 Å². The van der Waals surface area contributed by atoms with Crippen LogP contribution in [0.2, 0.25) is 5.02 Å². The lowest BCUT2D eigenvalue weighted by molar-refractivity contribution is -0.124. The van der Waals surface area contributed by atoms with Crippen LogP contribution in [0.15, 0.2) is 42.5 Å².